The number of hydrogen-bond donors (Lipinski definition) is 0. The molecule has 2 aliphatic rings. The summed E-state index contributed by atoms with van der Waals surface area (Å²) in [5, 5.41) is 8.62. The lowest BCUT2D eigenvalue weighted by molar-refractivity contribution is 0.0515. The summed E-state index contributed by atoms with van der Waals surface area (Å²) in [4.78, 5) is 16.2. The monoisotopic (exact) mass is 310 g/mol. The molecule has 5 nitrogen and oxygen atoms in total. The van der Waals surface area contributed by atoms with Gasteiger partial charge in [0, 0.05) is 13.1 Å². The molecule has 1 saturated heterocycles. The van der Waals surface area contributed by atoms with Gasteiger partial charge in [-0.3, -0.25) is 4.79 Å². The molecule has 0 radical (unpaired) electrons. The average molecular weight is 310 g/mol. The van der Waals surface area contributed by atoms with E-state index in [1.807, 2.05) is 35.2 Å². The fourth-order valence-corrected chi connectivity index (χ4v) is 3.99. The molecule has 1 saturated carbocycles. The molecule has 0 N–H and O–H groups in total. The topological polar surface area (TPSA) is 51.0 Å². The molecule has 1 aliphatic heterocycles. The minimum absolute atomic E-state index is 0.0243. The fourth-order valence-electron chi connectivity index (χ4n) is 3.99. The van der Waals surface area contributed by atoms with Crippen molar-refractivity contribution in [3.8, 4) is 5.69 Å². The Morgan fingerprint density at radius 1 is 1.04 bits per heavy atom. The summed E-state index contributed by atoms with van der Waals surface area (Å²) in [5.74, 6) is 1.54. The van der Waals surface area contributed by atoms with Gasteiger partial charge in [0.1, 0.15) is 0 Å². The largest absolute Gasteiger partial charge is 0.337 e. The van der Waals surface area contributed by atoms with Crippen LogP contribution in [0.3, 0.4) is 0 Å². The SMILES string of the molecule is O=C(c1cnn(-c2ccccc2)n1)N1CC[C@@H]2CCCC[C@@H]2C1. The van der Waals surface area contributed by atoms with Crippen LogP contribution in [0.4, 0.5) is 0 Å². The first-order valence-corrected chi connectivity index (χ1v) is 8.58. The molecule has 2 atom stereocenters. The Hall–Kier alpha value is -2.17. The Labute approximate surface area is 136 Å². The van der Waals surface area contributed by atoms with E-state index in [-0.39, 0.29) is 5.91 Å². The predicted octanol–water partition coefficient (Wildman–Crippen LogP) is 2.92. The summed E-state index contributed by atoms with van der Waals surface area (Å²) in [6, 6.07) is 9.69. The molecule has 0 unspecified atom stereocenters. The Bertz CT molecular complexity index is 681. The second kappa shape index (κ2) is 6.14. The van der Waals surface area contributed by atoms with Crippen LogP contribution < -0.4 is 0 Å². The van der Waals surface area contributed by atoms with Crippen molar-refractivity contribution in [3.05, 3.63) is 42.2 Å². The molecular weight excluding hydrogens is 288 g/mol. The molecule has 2 heterocycles. The van der Waals surface area contributed by atoms with Crippen molar-refractivity contribution >= 4 is 5.91 Å². The highest BCUT2D eigenvalue weighted by Gasteiger charge is 2.33. The fraction of sp³-hybridized carbons (Fsp3) is 0.500. The van der Waals surface area contributed by atoms with E-state index < -0.39 is 0 Å². The molecule has 2 fully saturated rings. The molecule has 1 aromatic heterocycles. The summed E-state index contributed by atoms with van der Waals surface area (Å²) in [6.07, 6.45) is 8.02. The molecule has 23 heavy (non-hydrogen) atoms. The highest BCUT2D eigenvalue weighted by atomic mass is 16.2. The van der Waals surface area contributed by atoms with Crippen LogP contribution in [0, 0.1) is 11.8 Å². The lowest BCUT2D eigenvalue weighted by atomic mass is 9.75. The van der Waals surface area contributed by atoms with Crippen molar-refractivity contribution in [1.82, 2.24) is 19.9 Å². The van der Waals surface area contributed by atoms with Crippen molar-refractivity contribution in [2.45, 2.75) is 32.1 Å². The quantitative estimate of drug-likeness (QED) is 0.857. The van der Waals surface area contributed by atoms with Crippen LogP contribution in [0.25, 0.3) is 5.69 Å². The van der Waals surface area contributed by atoms with Crippen LogP contribution in [0.15, 0.2) is 36.5 Å². The zero-order valence-corrected chi connectivity index (χ0v) is 13.3. The summed E-state index contributed by atoms with van der Waals surface area (Å²) >= 11 is 0. The van der Waals surface area contributed by atoms with Crippen LogP contribution in [0.2, 0.25) is 0 Å². The van der Waals surface area contributed by atoms with E-state index in [0.29, 0.717) is 11.6 Å². The van der Waals surface area contributed by atoms with Crippen LogP contribution in [0.5, 0.6) is 0 Å². The Morgan fingerprint density at radius 2 is 1.83 bits per heavy atom. The Kier molecular flexibility index (Phi) is 3.85. The molecular formula is C18H22N4O. The van der Waals surface area contributed by atoms with Crippen molar-refractivity contribution < 1.29 is 4.79 Å². The van der Waals surface area contributed by atoms with Crippen molar-refractivity contribution in [2.75, 3.05) is 13.1 Å². The number of rotatable bonds is 2. The number of piperidine rings is 1. The standard InChI is InChI=1S/C18H22N4O/c23-18(21-11-10-14-6-4-5-7-15(14)13-21)17-12-19-22(20-17)16-8-2-1-3-9-16/h1-3,8-9,12,14-15H,4-7,10-11,13H2/t14-,15+/m0/s1. The highest BCUT2D eigenvalue weighted by Crippen LogP contribution is 2.36. The molecule has 4 rings (SSSR count). The van der Waals surface area contributed by atoms with Gasteiger partial charge >= 0.3 is 0 Å². The average Bonchev–Trinajstić information content (AvgIpc) is 3.11. The number of carbonyl (C=O) groups is 1. The van der Waals surface area contributed by atoms with Gasteiger partial charge < -0.3 is 4.90 Å². The number of nitrogens with zero attached hydrogens (tertiary/aromatic N) is 4. The molecule has 5 heteroatoms. The lowest BCUT2D eigenvalue weighted by Crippen LogP contribution is -2.44. The number of benzene rings is 1. The molecule has 2 aromatic rings. The predicted molar refractivity (Wildman–Crippen MR) is 87.3 cm³/mol. The number of amides is 1. The van der Waals surface area contributed by atoms with Gasteiger partial charge in [0.05, 0.1) is 11.9 Å². The Morgan fingerprint density at radius 3 is 2.65 bits per heavy atom. The summed E-state index contributed by atoms with van der Waals surface area (Å²) in [7, 11) is 0. The third kappa shape index (κ3) is 2.87. The van der Waals surface area contributed by atoms with E-state index in [0.717, 1.165) is 31.1 Å². The first-order valence-electron chi connectivity index (χ1n) is 8.58. The number of fused-ring (bicyclic) bond motifs is 1. The zero-order valence-electron chi connectivity index (χ0n) is 13.3. The number of aromatic nitrogens is 3. The summed E-state index contributed by atoms with van der Waals surface area (Å²) in [6.45, 7) is 1.75. The first kappa shape index (κ1) is 14.4. The van der Waals surface area contributed by atoms with E-state index in [1.54, 1.807) is 6.20 Å². The first-order chi connectivity index (χ1) is 11.3. The molecule has 0 bridgehead atoms. The molecule has 1 amide bonds. The second-order valence-electron chi connectivity index (χ2n) is 6.70. The molecule has 120 valence electrons. The van der Waals surface area contributed by atoms with Gasteiger partial charge in [0.25, 0.3) is 5.91 Å². The second-order valence-corrected chi connectivity index (χ2v) is 6.70. The van der Waals surface area contributed by atoms with Crippen molar-refractivity contribution in [2.24, 2.45) is 11.8 Å². The maximum atomic E-state index is 12.7. The number of hydrogen-bond acceptors (Lipinski definition) is 3. The number of likely N-dealkylation sites (tertiary alicyclic amines) is 1. The highest BCUT2D eigenvalue weighted by molar-refractivity contribution is 5.92. The number of carbonyl (C=O) groups excluding carboxylic acids is 1. The molecule has 1 aromatic carbocycles. The summed E-state index contributed by atoms with van der Waals surface area (Å²) in [5.41, 5.74) is 1.32. The third-order valence-electron chi connectivity index (χ3n) is 5.28. The van der Waals surface area contributed by atoms with E-state index in [2.05, 4.69) is 10.2 Å². The van der Waals surface area contributed by atoms with Crippen LogP contribution in [0.1, 0.15) is 42.6 Å². The van der Waals surface area contributed by atoms with Crippen LogP contribution in [-0.2, 0) is 0 Å². The van der Waals surface area contributed by atoms with Crippen LogP contribution >= 0.6 is 0 Å². The third-order valence-corrected chi connectivity index (χ3v) is 5.28. The van der Waals surface area contributed by atoms with Crippen molar-refractivity contribution in [1.29, 1.82) is 0 Å². The Balaban J connectivity index is 1.48. The maximum Gasteiger partial charge on any atom is 0.276 e. The van der Waals surface area contributed by atoms with Gasteiger partial charge in [-0.1, -0.05) is 37.5 Å². The lowest BCUT2D eigenvalue weighted by Gasteiger charge is -2.41. The molecule has 0 spiro atoms. The van der Waals surface area contributed by atoms with E-state index in [1.165, 1.54) is 30.5 Å². The van der Waals surface area contributed by atoms with Gasteiger partial charge in [-0.25, -0.2) is 0 Å². The van der Waals surface area contributed by atoms with Gasteiger partial charge in [0.2, 0.25) is 0 Å². The minimum Gasteiger partial charge on any atom is -0.337 e. The van der Waals surface area contributed by atoms with Crippen molar-refractivity contribution in [3.63, 3.8) is 0 Å². The van der Waals surface area contributed by atoms with Gasteiger partial charge in [-0.15, -0.1) is 5.10 Å². The number of para-hydroxylation sites is 1. The molecule has 1 aliphatic carbocycles. The summed E-state index contributed by atoms with van der Waals surface area (Å²) < 4.78 is 0. The van der Waals surface area contributed by atoms with Gasteiger partial charge in [0.15, 0.2) is 5.69 Å². The van der Waals surface area contributed by atoms with Gasteiger partial charge in [-0.2, -0.15) is 9.90 Å². The normalized spacial score (nSPS) is 24.3. The van der Waals surface area contributed by atoms with E-state index in [9.17, 15) is 4.79 Å². The van der Waals surface area contributed by atoms with Crippen LogP contribution in [-0.4, -0.2) is 38.9 Å². The van der Waals surface area contributed by atoms with E-state index in [4.69, 9.17) is 0 Å². The van der Waals surface area contributed by atoms with E-state index >= 15 is 0 Å². The smallest absolute Gasteiger partial charge is 0.276 e. The van der Waals surface area contributed by atoms with Gasteiger partial charge in [-0.05, 0) is 36.8 Å². The minimum atomic E-state index is 0.0243. The zero-order chi connectivity index (χ0) is 15.6. The maximum absolute atomic E-state index is 12.7.